The highest BCUT2D eigenvalue weighted by Crippen LogP contribution is 2.19. The van der Waals surface area contributed by atoms with E-state index in [1.165, 1.54) is 6.20 Å². The molecular formula is C14H10FN3O. The van der Waals surface area contributed by atoms with Gasteiger partial charge in [0.15, 0.2) is 0 Å². The molecule has 5 heteroatoms. The van der Waals surface area contributed by atoms with Crippen molar-refractivity contribution in [3.05, 3.63) is 59.2 Å². The second kappa shape index (κ2) is 5.27. The van der Waals surface area contributed by atoms with E-state index in [4.69, 9.17) is 5.26 Å². The Hall–Kier alpha value is -2.74. The van der Waals surface area contributed by atoms with Gasteiger partial charge >= 0.3 is 0 Å². The van der Waals surface area contributed by atoms with Crippen molar-refractivity contribution in [2.45, 2.75) is 6.92 Å². The predicted molar refractivity (Wildman–Crippen MR) is 68.0 cm³/mol. The summed E-state index contributed by atoms with van der Waals surface area (Å²) in [4.78, 5) is 15.5. The number of amides is 1. The lowest BCUT2D eigenvalue weighted by Crippen LogP contribution is -2.13. The Balaban J connectivity index is 2.30. The Kier molecular flexibility index (Phi) is 3.53. The van der Waals surface area contributed by atoms with Crippen LogP contribution in [0, 0.1) is 24.1 Å². The van der Waals surface area contributed by atoms with Crippen molar-refractivity contribution in [1.82, 2.24) is 4.98 Å². The van der Waals surface area contributed by atoms with Gasteiger partial charge in [-0.05, 0) is 24.6 Å². The third-order valence-electron chi connectivity index (χ3n) is 2.60. The molecule has 19 heavy (non-hydrogen) atoms. The number of nitrogens with one attached hydrogen (secondary N) is 1. The van der Waals surface area contributed by atoms with Gasteiger partial charge in [-0.2, -0.15) is 5.26 Å². The minimum Gasteiger partial charge on any atom is -0.321 e. The van der Waals surface area contributed by atoms with Crippen molar-refractivity contribution in [1.29, 1.82) is 5.26 Å². The molecule has 1 N–H and O–H groups in total. The molecule has 4 nitrogen and oxygen atoms in total. The number of carbonyl (C=O) groups is 1. The fourth-order valence-electron chi connectivity index (χ4n) is 1.65. The molecule has 1 amide bonds. The number of aromatic nitrogens is 1. The topological polar surface area (TPSA) is 65.8 Å². The number of nitriles is 1. The Morgan fingerprint density at radius 2 is 2.21 bits per heavy atom. The lowest BCUT2D eigenvalue weighted by atomic mass is 10.1. The maximum atomic E-state index is 13.0. The highest BCUT2D eigenvalue weighted by molar-refractivity contribution is 6.04. The van der Waals surface area contributed by atoms with Gasteiger partial charge in [-0.1, -0.05) is 12.1 Å². The van der Waals surface area contributed by atoms with Crippen LogP contribution in [0.1, 0.15) is 21.5 Å². The van der Waals surface area contributed by atoms with Crippen molar-refractivity contribution >= 4 is 11.6 Å². The van der Waals surface area contributed by atoms with Gasteiger partial charge in [-0.15, -0.1) is 0 Å². The molecule has 0 saturated heterocycles. The van der Waals surface area contributed by atoms with Crippen LogP contribution in [-0.4, -0.2) is 10.9 Å². The van der Waals surface area contributed by atoms with Gasteiger partial charge in [-0.25, -0.2) is 4.39 Å². The third kappa shape index (κ3) is 2.75. The summed E-state index contributed by atoms with van der Waals surface area (Å²) in [5, 5.41) is 11.6. The van der Waals surface area contributed by atoms with Gasteiger partial charge in [0.25, 0.3) is 5.91 Å². The normalized spacial score (nSPS) is 9.74. The van der Waals surface area contributed by atoms with Crippen LogP contribution in [0.2, 0.25) is 0 Å². The minimum absolute atomic E-state index is 0.102. The molecule has 2 rings (SSSR count). The maximum absolute atomic E-state index is 13.0. The number of pyridine rings is 1. The smallest absolute Gasteiger partial charge is 0.257 e. The fraction of sp³-hybridized carbons (Fsp3) is 0.0714. The molecule has 0 aliphatic carbocycles. The number of anilines is 1. The van der Waals surface area contributed by atoms with Crippen LogP contribution in [0.5, 0.6) is 0 Å². The van der Waals surface area contributed by atoms with Crippen LogP contribution in [0.3, 0.4) is 0 Å². The van der Waals surface area contributed by atoms with E-state index in [9.17, 15) is 9.18 Å². The monoisotopic (exact) mass is 255 g/mol. The van der Waals surface area contributed by atoms with E-state index in [0.29, 0.717) is 11.3 Å². The van der Waals surface area contributed by atoms with E-state index in [0.717, 1.165) is 17.8 Å². The fourth-order valence-corrected chi connectivity index (χ4v) is 1.65. The number of aryl methyl sites for hydroxylation is 1. The number of halogens is 1. The SMILES string of the molecule is Cc1cccc(NC(=O)c2cncc(F)c2)c1C#N. The van der Waals surface area contributed by atoms with Gasteiger partial charge < -0.3 is 5.32 Å². The number of hydrogen-bond acceptors (Lipinski definition) is 3. The molecule has 0 aliphatic heterocycles. The van der Waals surface area contributed by atoms with Crippen LogP contribution in [0.4, 0.5) is 10.1 Å². The van der Waals surface area contributed by atoms with Gasteiger partial charge in [0.1, 0.15) is 11.9 Å². The average Bonchev–Trinajstić information content (AvgIpc) is 2.39. The zero-order chi connectivity index (χ0) is 13.8. The van der Waals surface area contributed by atoms with Crippen LogP contribution < -0.4 is 5.32 Å². The molecule has 0 spiro atoms. The summed E-state index contributed by atoms with van der Waals surface area (Å²) in [6.07, 6.45) is 2.28. The van der Waals surface area contributed by atoms with Crippen LogP contribution >= 0.6 is 0 Å². The molecule has 0 radical (unpaired) electrons. The van der Waals surface area contributed by atoms with Crippen molar-refractivity contribution < 1.29 is 9.18 Å². The number of rotatable bonds is 2. The van der Waals surface area contributed by atoms with Gasteiger partial charge in [-0.3, -0.25) is 9.78 Å². The second-order valence-electron chi connectivity index (χ2n) is 3.96. The second-order valence-corrected chi connectivity index (χ2v) is 3.96. The predicted octanol–water partition coefficient (Wildman–Crippen LogP) is 2.65. The molecule has 1 aromatic heterocycles. The molecule has 2 aromatic rings. The molecular weight excluding hydrogens is 245 g/mol. The summed E-state index contributed by atoms with van der Waals surface area (Å²) in [6.45, 7) is 1.78. The number of hydrogen-bond donors (Lipinski definition) is 1. The van der Waals surface area contributed by atoms with Gasteiger partial charge in [0, 0.05) is 6.20 Å². The lowest BCUT2D eigenvalue weighted by Gasteiger charge is -2.08. The highest BCUT2D eigenvalue weighted by atomic mass is 19.1. The molecule has 0 fully saturated rings. The summed E-state index contributed by atoms with van der Waals surface area (Å²) < 4.78 is 13.0. The maximum Gasteiger partial charge on any atom is 0.257 e. The molecule has 0 saturated carbocycles. The summed E-state index contributed by atoms with van der Waals surface area (Å²) in [6, 6.07) is 8.24. The standard InChI is InChI=1S/C14H10FN3O/c1-9-3-2-4-13(12(9)6-16)18-14(19)10-5-11(15)8-17-7-10/h2-5,7-8H,1H3,(H,18,19). The van der Waals surface area contributed by atoms with Gasteiger partial charge in [0.05, 0.1) is 23.0 Å². The quantitative estimate of drug-likeness (QED) is 0.897. The first kappa shape index (κ1) is 12.7. The molecule has 0 unspecified atom stereocenters. The first-order chi connectivity index (χ1) is 9.11. The summed E-state index contributed by atoms with van der Waals surface area (Å²) >= 11 is 0. The summed E-state index contributed by atoms with van der Waals surface area (Å²) in [7, 11) is 0. The summed E-state index contributed by atoms with van der Waals surface area (Å²) in [5.74, 6) is -1.09. The molecule has 0 atom stereocenters. The average molecular weight is 255 g/mol. The first-order valence-electron chi connectivity index (χ1n) is 5.53. The highest BCUT2D eigenvalue weighted by Gasteiger charge is 2.11. The number of nitrogens with zero attached hydrogens (tertiary/aromatic N) is 2. The van der Waals surface area contributed by atoms with Crippen molar-refractivity contribution in [2.75, 3.05) is 5.32 Å². The molecule has 0 aliphatic rings. The lowest BCUT2D eigenvalue weighted by molar-refractivity contribution is 0.102. The number of benzene rings is 1. The van der Waals surface area contributed by atoms with E-state index in [1.807, 2.05) is 6.07 Å². The minimum atomic E-state index is -0.586. The number of carbonyl (C=O) groups excluding carboxylic acids is 1. The van der Waals surface area contributed by atoms with E-state index in [2.05, 4.69) is 10.3 Å². The Morgan fingerprint density at radius 1 is 1.42 bits per heavy atom. The largest absolute Gasteiger partial charge is 0.321 e. The zero-order valence-electron chi connectivity index (χ0n) is 10.1. The van der Waals surface area contributed by atoms with Crippen molar-refractivity contribution in [3.8, 4) is 6.07 Å². The summed E-state index contributed by atoms with van der Waals surface area (Å²) in [5.41, 5.74) is 1.65. The Bertz CT molecular complexity index is 677. The van der Waals surface area contributed by atoms with E-state index >= 15 is 0 Å². The van der Waals surface area contributed by atoms with E-state index in [-0.39, 0.29) is 5.56 Å². The van der Waals surface area contributed by atoms with E-state index < -0.39 is 11.7 Å². The zero-order valence-corrected chi connectivity index (χ0v) is 10.1. The first-order valence-corrected chi connectivity index (χ1v) is 5.53. The molecule has 0 bridgehead atoms. The third-order valence-corrected chi connectivity index (χ3v) is 2.60. The van der Waals surface area contributed by atoms with Crippen LogP contribution in [-0.2, 0) is 0 Å². The molecule has 1 aromatic carbocycles. The Morgan fingerprint density at radius 3 is 2.89 bits per heavy atom. The van der Waals surface area contributed by atoms with Crippen LogP contribution in [0.15, 0.2) is 36.7 Å². The van der Waals surface area contributed by atoms with Crippen molar-refractivity contribution in [3.63, 3.8) is 0 Å². The van der Waals surface area contributed by atoms with Gasteiger partial charge in [0.2, 0.25) is 0 Å². The van der Waals surface area contributed by atoms with E-state index in [1.54, 1.807) is 25.1 Å². The van der Waals surface area contributed by atoms with Crippen LogP contribution in [0.25, 0.3) is 0 Å². The van der Waals surface area contributed by atoms with Crippen molar-refractivity contribution in [2.24, 2.45) is 0 Å². The Labute approximate surface area is 109 Å². The molecule has 94 valence electrons. The molecule has 1 heterocycles.